The lowest BCUT2D eigenvalue weighted by Crippen LogP contribution is -2.45. The van der Waals surface area contributed by atoms with Crippen LogP contribution in [-0.2, 0) is 20.7 Å². The maximum absolute atomic E-state index is 12.4. The summed E-state index contributed by atoms with van der Waals surface area (Å²) in [6.07, 6.45) is 0.651. The van der Waals surface area contributed by atoms with Gasteiger partial charge in [0.2, 0.25) is 17.7 Å². The molecule has 1 fully saturated rings. The largest absolute Gasteiger partial charge is 0.468 e. The van der Waals surface area contributed by atoms with Gasteiger partial charge in [0.15, 0.2) is 0 Å². The van der Waals surface area contributed by atoms with Crippen LogP contribution in [0.2, 0.25) is 0 Å². The standard InChI is InChI=1S/C18H21N3O4S/c1-12-3-5-13(6-4-12)17-20-19-15(25-17)7-8-16(22)21-9-10-26-14(11-21)18(23)24-2/h3-6,14H,7-11H2,1-2H3/t14-/m0/s1. The molecule has 3 rings (SSSR count). The second-order valence-electron chi connectivity index (χ2n) is 6.09. The molecule has 0 aliphatic carbocycles. The highest BCUT2D eigenvalue weighted by Crippen LogP contribution is 2.21. The van der Waals surface area contributed by atoms with Crippen molar-refractivity contribution in [2.45, 2.75) is 25.0 Å². The molecule has 1 amide bonds. The van der Waals surface area contributed by atoms with Gasteiger partial charge in [0.25, 0.3) is 0 Å². The summed E-state index contributed by atoms with van der Waals surface area (Å²) in [6.45, 7) is 3.03. The van der Waals surface area contributed by atoms with E-state index in [4.69, 9.17) is 9.15 Å². The third-order valence-electron chi connectivity index (χ3n) is 4.20. The number of amides is 1. The molecule has 0 radical (unpaired) electrons. The summed E-state index contributed by atoms with van der Waals surface area (Å²) in [4.78, 5) is 25.8. The summed E-state index contributed by atoms with van der Waals surface area (Å²) in [5.41, 5.74) is 2.01. The minimum Gasteiger partial charge on any atom is -0.468 e. The van der Waals surface area contributed by atoms with Gasteiger partial charge in [-0.2, -0.15) is 0 Å². The fraction of sp³-hybridized carbons (Fsp3) is 0.444. The zero-order valence-corrected chi connectivity index (χ0v) is 15.6. The average Bonchev–Trinajstić information content (AvgIpc) is 3.15. The molecule has 2 heterocycles. The van der Waals surface area contributed by atoms with Crippen molar-refractivity contribution in [1.29, 1.82) is 0 Å². The Bertz CT molecular complexity index is 775. The first-order valence-corrected chi connectivity index (χ1v) is 9.48. The Morgan fingerprint density at radius 2 is 2.08 bits per heavy atom. The van der Waals surface area contributed by atoms with E-state index in [1.165, 1.54) is 18.9 Å². The number of rotatable bonds is 5. The van der Waals surface area contributed by atoms with E-state index in [1.54, 1.807) is 4.90 Å². The SMILES string of the molecule is COC(=O)[C@@H]1CN(C(=O)CCc2nnc(-c3ccc(C)cc3)o2)CCS1. The van der Waals surface area contributed by atoms with Gasteiger partial charge in [-0.3, -0.25) is 9.59 Å². The van der Waals surface area contributed by atoms with Crippen LogP contribution in [0.25, 0.3) is 11.5 Å². The number of ether oxygens (including phenoxy) is 1. The third kappa shape index (κ3) is 4.43. The highest BCUT2D eigenvalue weighted by Gasteiger charge is 2.29. The Morgan fingerprint density at radius 3 is 2.81 bits per heavy atom. The molecule has 138 valence electrons. The summed E-state index contributed by atoms with van der Waals surface area (Å²) in [5.74, 6) is 1.31. The number of nitrogens with zero attached hydrogens (tertiary/aromatic N) is 3. The van der Waals surface area contributed by atoms with E-state index in [1.807, 2.05) is 31.2 Å². The monoisotopic (exact) mass is 375 g/mol. The quantitative estimate of drug-likeness (QED) is 0.740. The summed E-state index contributed by atoms with van der Waals surface area (Å²) < 4.78 is 10.4. The van der Waals surface area contributed by atoms with E-state index in [-0.39, 0.29) is 23.5 Å². The van der Waals surface area contributed by atoms with Crippen molar-refractivity contribution in [2.75, 3.05) is 26.0 Å². The number of carbonyl (C=O) groups excluding carboxylic acids is 2. The highest BCUT2D eigenvalue weighted by atomic mass is 32.2. The van der Waals surface area contributed by atoms with Crippen LogP contribution < -0.4 is 0 Å². The number of hydrogen-bond donors (Lipinski definition) is 0. The molecule has 1 aromatic heterocycles. The molecule has 2 aromatic rings. The third-order valence-corrected chi connectivity index (χ3v) is 5.36. The number of aromatic nitrogens is 2. The topological polar surface area (TPSA) is 85.5 Å². The first-order valence-electron chi connectivity index (χ1n) is 8.43. The molecule has 1 saturated heterocycles. The minimum absolute atomic E-state index is 0.0192. The molecule has 8 heteroatoms. The molecule has 1 aromatic carbocycles. The Hall–Kier alpha value is -2.35. The van der Waals surface area contributed by atoms with Gasteiger partial charge >= 0.3 is 5.97 Å². The predicted molar refractivity (Wildman–Crippen MR) is 97.6 cm³/mol. The maximum Gasteiger partial charge on any atom is 0.320 e. The molecule has 7 nitrogen and oxygen atoms in total. The second-order valence-corrected chi connectivity index (χ2v) is 7.40. The van der Waals surface area contributed by atoms with Crippen molar-refractivity contribution in [3.05, 3.63) is 35.7 Å². The minimum atomic E-state index is -0.311. The van der Waals surface area contributed by atoms with Gasteiger partial charge in [0.1, 0.15) is 5.25 Å². The van der Waals surface area contributed by atoms with Crippen molar-refractivity contribution < 1.29 is 18.7 Å². The molecule has 1 aliphatic heterocycles. The molecule has 26 heavy (non-hydrogen) atoms. The molecule has 1 atom stereocenters. The van der Waals surface area contributed by atoms with E-state index < -0.39 is 0 Å². The smallest absolute Gasteiger partial charge is 0.320 e. The highest BCUT2D eigenvalue weighted by molar-refractivity contribution is 8.00. The zero-order chi connectivity index (χ0) is 18.5. The second kappa shape index (κ2) is 8.35. The fourth-order valence-electron chi connectivity index (χ4n) is 2.69. The van der Waals surface area contributed by atoms with Gasteiger partial charge in [-0.05, 0) is 19.1 Å². The van der Waals surface area contributed by atoms with Gasteiger partial charge in [-0.25, -0.2) is 0 Å². The predicted octanol–water partition coefficient (Wildman–Crippen LogP) is 2.09. The summed E-state index contributed by atoms with van der Waals surface area (Å²) in [7, 11) is 1.37. The normalized spacial score (nSPS) is 17.2. The van der Waals surface area contributed by atoms with Gasteiger partial charge in [0.05, 0.1) is 7.11 Å². The summed E-state index contributed by atoms with van der Waals surface area (Å²) in [6, 6.07) is 7.82. The van der Waals surface area contributed by atoms with Crippen molar-refractivity contribution in [3.8, 4) is 11.5 Å². The van der Waals surface area contributed by atoms with Crippen molar-refractivity contribution in [2.24, 2.45) is 0 Å². The number of carbonyl (C=O) groups is 2. The van der Waals surface area contributed by atoms with Gasteiger partial charge < -0.3 is 14.1 Å². The fourth-order valence-corrected chi connectivity index (χ4v) is 3.82. The molecule has 1 aliphatic rings. The number of benzene rings is 1. The van der Waals surface area contributed by atoms with Crippen LogP contribution in [0.5, 0.6) is 0 Å². The molecule has 0 spiro atoms. The number of hydrogen-bond acceptors (Lipinski definition) is 7. The Kier molecular flexibility index (Phi) is 5.92. The van der Waals surface area contributed by atoms with Crippen molar-refractivity contribution in [3.63, 3.8) is 0 Å². The van der Waals surface area contributed by atoms with Crippen LogP contribution in [0.15, 0.2) is 28.7 Å². The summed E-state index contributed by atoms with van der Waals surface area (Å²) in [5, 5.41) is 7.76. The maximum atomic E-state index is 12.4. The van der Waals surface area contributed by atoms with Gasteiger partial charge in [0, 0.05) is 37.2 Å². The lowest BCUT2D eigenvalue weighted by atomic mass is 10.1. The van der Waals surface area contributed by atoms with Crippen LogP contribution >= 0.6 is 11.8 Å². The average molecular weight is 375 g/mol. The number of methoxy groups -OCH3 is 1. The van der Waals surface area contributed by atoms with Crippen LogP contribution in [0.4, 0.5) is 0 Å². The van der Waals surface area contributed by atoms with Crippen LogP contribution in [-0.4, -0.2) is 58.2 Å². The van der Waals surface area contributed by atoms with E-state index >= 15 is 0 Å². The molecular formula is C18H21N3O4S. The Morgan fingerprint density at radius 1 is 1.31 bits per heavy atom. The number of esters is 1. The van der Waals surface area contributed by atoms with Crippen LogP contribution in [0, 0.1) is 6.92 Å². The lowest BCUT2D eigenvalue weighted by molar-refractivity contribution is -0.141. The molecular weight excluding hydrogens is 354 g/mol. The van der Waals surface area contributed by atoms with E-state index in [2.05, 4.69) is 10.2 Å². The molecule has 0 bridgehead atoms. The van der Waals surface area contributed by atoms with E-state index in [0.717, 1.165) is 16.9 Å². The summed E-state index contributed by atoms with van der Waals surface area (Å²) >= 11 is 1.52. The first-order chi connectivity index (χ1) is 12.6. The Balaban J connectivity index is 1.55. The molecule has 0 unspecified atom stereocenters. The number of thioether (sulfide) groups is 1. The molecule has 0 N–H and O–H groups in total. The first kappa shape index (κ1) is 18.4. The van der Waals surface area contributed by atoms with E-state index in [0.29, 0.717) is 31.3 Å². The zero-order valence-electron chi connectivity index (χ0n) is 14.8. The van der Waals surface area contributed by atoms with Gasteiger partial charge in [-0.1, -0.05) is 17.7 Å². The van der Waals surface area contributed by atoms with Crippen molar-refractivity contribution >= 4 is 23.6 Å². The number of aryl methyl sites for hydroxylation is 2. The van der Waals surface area contributed by atoms with Gasteiger partial charge in [-0.15, -0.1) is 22.0 Å². The van der Waals surface area contributed by atoms with Crippen LogP contribution in [0.1, 0.15) is 17.9 Å². The lowest BCUT2D eigenvalue weighted by Gasteiger charge is -2.30. The molecule has 0 saturated carbocycles. The Labute approximate surface area is 156 Å². The van der Waals surface area contributed by atoms with Crippen LogP contribution in [0.3, 0.4) is 0 Å². The van der Waals surface area contributed by atoms with Crippen molar-refractivity contribution in [1.82, 2.24) is 15.1 Å². The van der Waals surface area contributed by atoms with E-state index in [9.17, 15) is 9.59 Å².